The van der Waals surface area contributed by atoms with Gasteiger partial charge in [-0.1, -0.05) is 18.2 Å². The lowest BCUT2D eigenvalue weighted by atomic mass is 10.1. The van der Waals surface area contributed by atoms with E-state index in [1.54, 1.807) is 12.1 Å². The van der Waals surface area contributed by atoms with Crippen LogP contribution < -0.4 is 10.6 Å². The van der Waals surface area contributed by atoms with Crippen molar-refractivity contribution in [1.29, 1.82) is 0 Å². The molecule has 0 radical (unpaired) electrons. The molecule has 0 aliphatic heterocycles. The number of rotatable bonds is 6. The Morgan fingerprint density at radius 2 is 2.06 bits per heavy atom. The van der Waals surface area contributed by atoms with Gasteiger partial charge >= 0.3 is 0 Å². The summed E-state index contributed by atoms with van der Waals surface area (Å²) in [6, 6.07) is 6.12. The third-order valence-corrected chi connectivity index (χ3v) is 2.34. The first-order valence-corrected chi connectivity index (χ1v) is 5.93. The lowest BCUT2D eigenvalue weighted by Gasteiger charge is -2.13. The van der Waals surface area contributed by atoms with E-state index in [9.17, 15) is 14.3 Å². The Kier molecular flexibility index (Phi) is 5.74. The molecule has 0 bridgehead atoms. The largest absolute Gasteiger partial charge is 0.387 e. The predicted octanol–water partition coefficient (Wildman–Crippen LogP) is 0.973. The summed E-state index contributed by atoms with van der Waals surface area (Å²) >= 11 is 0. The van der Waals surface area contributed by atoms with E-state index in [1.807, 2.05) is 13.8 Å². The van der Waals surface area contributed by atoms with Gasteiger partial charge in [0.05, 0.1) is 12.6 Å². The molecule has 1 aromatic rings. The molecule has 0 saturated carbocycles. The summed E-state index contributed by atoms with van der Waals surface area (Å²) in [5, 5.41) is 15.3. The van der Waals surface area contributed by atoms with Crippen LogP contribution in [0, 0.1) is 5.82 Å². The van der Waals surface area contributed by atoms with Crippen LogP contribution in [-0.2, 0) is 4.79 Å². The first-order valence-electron chi connectivity index (χ1n) is 5.93. The fourth-order valence-electron chi connectivity index (χ4n) is 1.55. The normalized spacial score (nSPS) is 12.5. The summed E-state index contributed by atoms with van der Waals surface area (Å²) in [5.41, 5.74) is 0.231. The molecule has 1 amide bonds. The zero-order valence-electron chi connectivity index (χ0n) is 10.6. The Bertz CT molecular complexity index is 396. The average Bonchev–Trinajstić information content (AvgIpc) is 2.28. The summed E-state index contributed by atoms with van der Waals surface area (Å²) in [7, 11) is 0. The third-order valence-electron chi connectivity index (χ3n) is 2.34. The minimum Gasteiger partial charge on any atom is -0.387 e. The van der Waals surface area contributed by atoms with Crippen molar-refractivity contribution in [2.75, 3.05) is 13.1 Å². The summed E-state index contributed by atoms with van der Waals surface area (Å²) in [5.74, 6) is -0.593. The summed E-state index contributed by atoms with van der Waals surface area (Å²) in [4.78, 5) is 11.3. The number of carbonyl (C=O) groups is 1. The molecular weight excluding hydrogens is 235 g/mol. The van der Waals surface area contributed by atoms with Crippen molar-refractivity contribution in [2.45, 2.75) is 26.0 Å². The Hall–Kier alpha value is -1.46. The number of aliphatic hydroxyl groups excluding tert-OH is 1. The highest BCUT2D eigenvalue weighted by Crippen LogP contribution is 2.15. The summed E-state index contributed by atoms with van der Waals surface area (Å²) < 4.78 is 13.3. The Labute approximate surface area is 106 Å². The van der Waals surface area contributed by atoms with Gasteiger partial charge in [-0.3, -0.25) is 4.79 Å². The zero-order valence-corrected chi connectivity index (χ0v) is 10.6. The van der Waals surface area contributed by atoms with Gasteiger partial charge in [0.2, 0.25) is 5.91 Å². The average molecular weight is 254 g/mol. The molecule has 100 valence electrons. The highest BCUT2D eigenvalue weighted by atomic mass is 19.1. The molecule has 0 saturated heterocycles. The van der Waals surface area contributed by atoms with Crippen LogP contribution in [-0.4, -0.2) is 30.1 Å². The molecule has 3 N–H and O–H groups in total. The summed E-state index contributed by atoms with van der Waals surface area (Å²) in [6.45, 7) is 3.97. The van der Waals surface area contributed by atoms with Crippen molar-refractivity contribution in [2.24, 2.45) is 0 Å². The molecule has 1 atom stereocenters. The predicted molar refractivity (Wildman–Crippen MR) is 67.5 cm³/mol. The minimum absolute atomic E-state index is 0.0794. The van der Waals surface area contributed by atoms with Gasteiger partial charge in [-0.25, -0.2) is 4.39 Å². The molecule has 1 unspecified atom stereocenters. The number of carbonyl (C=O) groups excluding carboxylic acids is 1. The van der Waals surface area contributed by atoms with Gasteiger partial charge < -0.3 is 15.7 Å². The van der Waals surface area contributed by atoms with Crippen molar-refractivity contribution < 1.29 is 14.3 Å². The summed E-state index contributed by atoms with van der Waals surface area (Å²) in [6.07, 6.45) is -0.960. The van der Waals surface area contributed by atoms with Gasteiger partial charge in [0.1, 0.15) is 5.82 Å². The molecule has 0 heterocycles. The fourth-order valence-corrected chi connectivity index (χ4v) is 1.55. The van der Waals surface area contributed by atoms with Crippen molar-refractivity contribution in [3.05, 3.63) is 35.6 Å². The zero-order chi connectivity index (χ0) is 13.5. The van der Waals surface area contributed by atoms with Crippen molar-refractivity contribution in [3.8, 4) is 0 Å². The first-order chi connectivity index (χ1) is 8.50. The van der Waals surface area contributed by atoms with Gasteiger partial charge in [-0.2, -0.15) is 0 Å². The van der Waals surface area contributed by atoms with Crippen molar-refractivity contribution >= 4 is 5.91 Å². The van der Waals surface area contributed by atoms with E-state index < -0.39 is 11.9 Å². The van der Waals surface area contributed by atoms with E-state index in [4.69, 9.17) is 0 Å². The molecular formula is C13H19FN2O2. The number of aliphatic hydroxyl groups is 1. The number of hydrogen-bond acceptors (Lipinski definition) is 3. The maximum absolute atomic E-state index is 13.3. The molecule has 1 aromatic carbocycles. The van der Waals surface area contributed by atoms with E-state index in [1.165, 1.54) is 12.1 Å². The maximum atomic E-state index is 13.3. The fraction of sp³-hybridized carbons (Fsp3) is 0.462. The number of hydrogen-bond donors (Lipinski definition) is 3. The van der Waals surface area contributed by atoms with Crippen LogP contribution >= 0.6 is 0 Å². The van der Waals surface area contributed by atoms with Gasteiger partial charge in [0.25, 0.3) is 0 Å². The lowest BCUT2D eigenvalue weighted by molar-refractivity contribution is -0.120. The number of benzene rings is 1. The van der Waals surface area contributed by atoms with Crippen LogP contribution in [0.15, 0.2) is 24.3 Å². The maximum Gasteiger partial charge on any atom is 0.234 e. The number of nitrogens with one attached hydrogen (secondary N) is 2. The third kappa shape index (κ3) is 4.81. The molecule has 0 aromatic heterocycles. The first kappa shape index (κ1) is 14.6. The SMILES string of the molecule is CC(C)NC(=O)CNCC(O)c1ccccc1F. The van der Waals surface area contributed by atoms with Crippen molar-refractivity contribution in [3.63, 3.8) is 0 Å². The molecule has 18 heavy (non-hydrogen) atoms. The van der Waals surface area contributed by atoms with Crippen molar-refractivity contribution in [1.82, 2.24) is 10.6 Å². The van der Waals surface area contributed by atoms with Gasteiger partial charge in [-0.15, -0.1) is 0 Å². The van der Waals surface area contributed by atoms with E-state index in [2.05, 4.69) is 10.6 Å². The lowest BCUT2D eigenvalue weighted by Crippen LogP contribution is -2.38. The van der Waals surface area contributed by atoms with Crippen LogP contribution in [0.4, 0.5) is 4.39 Å². The molecule has 5 heteroatoms. The van der Waals surface area contributed by atoms with E-state index in [0.717, 1.165) is 0 Å². The Balaban J connectivity index is 2.36. The van der Waals surface area contributed by atoms with E-state index in [0.29, 0.717) is 0 Å². The molecule has 0 fully saturated rings. The smallest absolute Gasteiger partial charge is 0.234 e. The highest BCUT2D eigenvalue weighted by molar-refractivity contribution is 5.78. The molecule has 4 nitrogen and oxygen atoms in total. The second-order valence-corrected chi connectivity index (χ2v) is 4.39. The molecule has 0 spiro atoms. The Morgan fingerprint density at radius 1 is 1.39 bits per heavy atom. The molecule has 1 rings (SSSR count). The monoisotopic (exact) mass is 254 g/mol. The van der Waals surface area contributed by atoms with Gasteiger partial charge in [0, 0.05) is 18.2 Å². The number of halogens is 1. The van der Waals surface area contributed by atoms with Crippen LogP contribution in [0.25, 0.3) is 0 Å². The van der Waals surface area contributed by atoms with Crippen LogP contribution in [0.1, 0.15) is 25.5 Å². The second-order valence-electron chi connectivity index (χ2n) is 4.39. The van der Waals surface area contributed by atoms with Crippen LogP contribution in [0.2, 0.25) is 0 Å². The topological polar surface area (TPSA) is 61.4 Å². The van der Waals surface area contributed by atoms with E-state index in [-0.39, 0.29) is 30.6 Å². The number of amides is 1. The van der Waals surface area contributed by atoms with Crippen LogP contribution in [0.5, 0.6) is 0 Å². The highest BCUT2D eigenvalue weighted by Gasteiger charge is 2.12. The van der Waals surface area contributed by atoms with Crippen LogP contribution in [0.3, 0.4) is 0 Å². The minimum atomic E-state index is -0.960. The van der Waals surface area contributed by atoms with E-state index >= 15 is 0 Å². The van der Waals surface area contributed by atoms with Gasteiger partial charge in [-0.05, 0) is 19.9 Å². The van der Waals surface area contributed by atoms with Gasteiger partial charge in [0.15, 0.2) is 0 Å². The molecule has 0 aliphatic rings. The Morgan fingerprint density at radius 3 is 2.67 bits per heavy atom. The quantitative estimate of drug-likeness (QED) is 0.709. The molecule has 0 aliphatic carbocycles. The standard InChI is InChI=1S/C13H19FN2O2/c1-9(2)16-13(18)8-15-7-12(17)10-5-3-4-6-11(10)14/h3-6,9,12,15,17H,7-8H2,1-2H3,(H,16,18). The second kappa shape index (κ2) is 7.08.